The Morgan fingerprint density at radius 1 is 1.67 bits per heavy atom. The van der Waals surface area contributed by atoms with Gasteiger partial charge in [0.2, 0.25) is 0 Å². The number of rotatable bonds is 1. The molecule has 0 spiro atoms. The zero-order valence-corrected chi connectivity index (χ0v) is 8.24. The van der Waals surface area contributed by atoms with Crippen LogP contribution < -0.4 is 0 Å². The lowest BCUT2D eigenvalue weighted by Gasteiger charge is -2.22. The van der Waals surface area contributed by atoms with Crippen molar-refractivity contribution in [2.75, 3.05) is 0 Å². The van der Waals surface area contributed by atoms with Crippen molar-refractivity contribution < 1.29 is 5.21 Å². The highest BCUT2D eigenvalue weighted by Gasteiger charge is 2.32. The Bertz CT molecular complexity index is 272. The maximum absolute atomic E-state index is 8.41. The zero-order valence-electron chi connectivity index (χ0n) is 5.97. The van der Waals surface area contributed by atoms with Crippen molar-refractivity contribution in [1.29, 1.82) is 0 Å². The molecule has 66 valence electrons. The maximum Gasteiger partial charge on any atom is 0.170 e. The third kappa shape index (κ3) is 1.94. The first kappa shape index (κ1) is 9.90. The summed E-state index contributed by atoms with van der Waals surface area (Å²) in [7, 11) is 0. The summed E-state index contributed by atoms with van der Waals surface area (Å²) in [5.41, 5.74) is 0. The molecule has 0 aromatic carbocycles. The standard InChI is InChI=1S/C7H6Cl3NO/c8-5-2-1-3-7(10,4-5)6(9)11-12/h1-3,12H,4H2. The van der Waals surface area contributed by atoms with Crippen molar-refractivity contribution in [2.45, 2.75) is 11.3 Å². The minimum Gasteiger partial charge on any atom is -0.410 e. The lowest BCUT2D eigenvalue weighted by atomic mass is 10.0. The molecule has 12 heavy (non-hydrogen) atoms. The van der Waals surface area contributed by atoms with Crippen molar-refractivity contribution in [3.8, 4) is 0 Å². The molecule has 0 heterocycles. The van der Waals surface area contributed by atoms with Gasteiger partial charge < -0.3 is 5.21 Å². The van der Waals surface area contributed by atoms with Gasteiger partial charge in [0.05, 0.1) is 0 Å². The summed E-state index contributed by atoms with van der Waals surface area (Å²) in [6, 6.07) is 0. The fourth-order valence-corrected chi connectivity index (χ4v) is 1.63. The molecule has 1 aliphatic carbocycles. The van der Waals surface area contributed by atoms with Gasteiger partial charge in [-0.2, -0.15) is 0 Å². The van der Waals surface area contributed by atoms with E-state index in [1.165, 1.54) is 0 Å². The van der Waals surface area contributed by atoms with Crippen LogP contribution in [-0.2, 0) is 0 Å². The predicted molar refractivity (Wildman–Crippen MR) is 51.4 cm³/mol. The fraction of sp³-hybridized carbons (Fsp3) is 0.286. The van der Waals surface area contributed by atoms with Crippen LogP contribution in [-0.4, -0.2) is 15.3 Å². The average Bonchev–Trinajstić information content (AvgIpc) is 2.02. The van der Waals surface area contributed by atoms with Gasteiger partial charge in [-0.25, -0.2) is 0 Å². The Kier molecular flexibility index (Phi) is 3.04. The van der Waals surface area contributed by atoms with Gasteiger partial charge in [0.15, 0.2) is 5.17 Å². The first-order valence-corrected chi connectivity index (χ1v) is 4.33. The number of oxime groups is 1. The van der Waals surface area contributed by atoms with Gasteiger partial charge in [0.1, 0.15) is 4.87 Å². The molecule has 1 unspecified atom stereocenters. The Morgan fingerprint density at radius 3 is 2.83 bits per heavy atom. The minimum atomic E-state index is -0.984. The van der Waals surface area contributed by atoms with Crippen LogP contribution in [0.3, 0.4) is 0 Å². The molecule has 1 aliphatic rings. The first-order chi connectivity index (χ1) is 5.58. The van der Waals surface area contributed by atoms with Crippen LogP contribution in [0.1, 0.15) is 6.42 Å². The number of allylic oxidation sites excluding steroid dienone is 4. The largest absolute Gasteiger partial charge is 0.410 e. The second-order valence-corrected chi connectivity index (χ2v) is 3.92. The van der Waals surface area contributed by atoms with Crippen molar-refractivity contribution >= 4 is 40.0 Å². The van der Waals surface area contributed by atoms with Crippen LogP contribution in [0.5, 0.6) is 0 Å². The first-order valence-electron chi connectivity index (χ1n) is 3.19. The summed E-state index contributed by atoms with van der Waals surface area (Å²) in [6.45, 7) is 0. The van der Waals surface area contributed by atoms with E-state index in [1.54, 1.807) is 18.2 Å². The van der Waals surface area contributed by atoms with E-state index in [1.807, 2.05) is 0 Å². The molecular weight excluding hydrogens is 220 g/mol. The van der Waals surface area contributed by atoms with Crippen LogP contribution in [0.2, 0.25) is 0 Å². The van der Waals surface area contributed by atoms with E-state index < -0.39 is 4.87 Å². The molecule has 0 aliphatic heterocycles. The van der Waals surface area contributed by atoms with E-state index in [-0.39, 0.29) is 5.17 Å². The predicted octanol–water partition coefficient (Wildman–Crippen LogP) is 3.07. The number of alkyl halides is 1. The highest BCUT2D eigenvalue weighted by atomic mass is 35.5. The number of halogens is 3. The van der Waals surface area contributed by atoms with Gasteiger partial charge >= 0.3 is 0 Å². The fourth-order valence-electron chi connectivity index (χ4n) is 0.893. The van der Waals surface area contributed by atoms with E-state index in [2.05, 4.69) is 5.16 Å². The summed E-state index contributed by atoms with van der Waals surface area (Å²) in [5, 5.41) is 11.7. The van der Waals surface area contributed by atoms with Gasteiger partial charge in [-0.3, -0.25) is 0 Å². The van der Waals surface area contributed by atoms with Gasteiger partial charge in [-0.15, -0.1) is 11.6 Å². The molecule has 1 rings (SSSR count). The van der Waals surface area contributed by atoms with E-state index in [0.717, 1.165) is 0 Å². The molecule has 0 aromatic heterocycles. The van der Waals surface area contributed by atoms with Gasteiger partial charge in [-0.1, -0.05) is 40.5 Å². The molecule has 5 heteroatoms. The highest BCUT2D eigenvalue weighted by Crippen LogP contribution is 2.33. The van der Waals surface area contributed by atoms with Gasteiger partial charge in [0, 0.05) is 11.5 Å². The summed E-state index contributed by atoms with van der Waals surface area (Å²) in [6.07, 6.45) is 5.36. The summed E-state index contributed by atoms with van der Waals surface area (Å²) >= 11 is 17.3. The van der Waals surface area contributed by atoms with Gasteiger partial charge in [0.25, 0.3) is 0 Å². The van der Waals surface area contributed by atoms with Gasteiger partial charge in [-0.05, 0) is 6.08 Å². The Balaban J connectivity index is 2.90. The molecule has 1 atom stereocenters. The normalized spacial score (nSPS) is 30.2. The van der Waals surface area contributed by atoms with Crippen LogP contribution in [0.4, 0.5) is 0 Å². The lowest BCUT2D eigenvalue weighted by molar-refractivity contribution is 0.318. The smallest absolute Gasteiger partial charge is 0.170 e. The van der Waals surface area contributed by atoms with Crippen molar-refractivity contribution in [3.05, 3.63) is 23.3 Å². The van der Waals surface area contributed by atoms with Crippen LogP contribution in [0.25, 0.3) is 0 Å². The Hall–Kier alpha value is -0.180. The van der Waals surface area contributed by atoms with E-state index >= 15 is 0 Å². The van der Waals surface area contributed by atoms with Crippen molar-refractivity contribution in [3.63, 3.8) is 0 Å². The topological polar surface area (TPSA) is 32.6 Å². The molecule has 0 bridgehead atoms. The van der Waals surface area contributed by atoms with Crippen molar-refractivity contribution in [2.24, 2.45) is 5.16 Å². The minimum absolute atomic E-state index is 0.0772. The molecular formula is C7H6Cl3NO. The molecule has 0 radical (unpaired) electrons. The summed E-state index contributed by atoms with van der Waals surface area (Å²) < 4.78 is 0. The molecule has 1 N–H and O–H groups in total. The third-order valence-corrected chi connectivity index (χ3v) is 2.70. The third-order valence-electron chi connectivity index (χ3n) is 1.49. The second-order valence-electron chi connectivity index (χ2n) is 2.40. The monoisotopic (exact) mass is 225 g/mol. The lowest BCUT2D eigenvalue weighted by Crippen LogP contribution is -2.27. The number of hydrogen-bond acceptors (Lipinski definition) is 2. The molecule has 2 nitrogen and oxygen atoms in total. The molecule has 0 aromatic rings. The van der Waals surface area contributed by atoms with E-state index in [9.17, 15) is 0 Å². The summed E-state index contributed by atoms with van der Waals surface area (Å²) in [4.78, 5) is -0.984. The molecule has 0 amide bonds. The molecule has 0 saturated carbocycles. The number of nitrogens with zero attached hydrogens (tertiary/aromatic N) is 1. The van der Waals surface area contributed by atoms with E-state index in [4.69, 9.17) is 40.0 Å². The quantitative estimate of drug-likeness (QED) is 0.317. The Labute approximate surface area is 85.1 Å². The van der Waals surface area contributed by atoms with Crippen LogP contribution >= 0.6 is 34.8 Å². The summed E-state index contributed by atoms with van der Waals surface area (Å²) in [5.74, 6) is 0. The molecule has 0 fully saturated rings. The zero-order chi connectivity index (χ0) is 9.19. The van der Waals surface area contributed by atoms with Crippen molar-refractivity contribution in [1.82, 2.24) is 0 Å². The van der Waals surface area contributed by atoms with Crippen LogP contribution in [0, 0.1) is 0 Å². The SMILES string of the molecule is ON=C(Cl)C1(Cl)C=CC=C(Cl)C1. The number of hydrogen-bond donors (Lipinski definition) is 1. The van der Waals surface area contributed by atoms with Crippen LogP contribution in [0.15, 0.2) is 28.4 Å². The van der Waals surface area contributed by atoms with E-state index in [0.29, 0.717) is 11.5 Å². The maximum atomic E-state index is 8.41. The Morgan fingerprint density at radius 2 is 2.33 bits per heavy atom. The average molecular weight is 226 g/mol. The second kappa shape index (κ2) is 3.69. The highest BCUT2D eigenvalue weighted by molar-refractivity contribution is 6.73. The molecule has 0 saturated heterocycles.